The number of hydrogen-bond donors (Lipinski definition) is 2. The molecule has 1 aromatic heterocycles. The second-order valence-corrected chi connectivity index (χ2v) is 6.08. The lowest BCUT2D eigenvalue weighted by atomic mass is 9.94. The van der Waals surface area contributed by atoms with Gasteiger partial charge in [-0.05, 0) is 33.6 Å². The van der Waals surface area contributed by atoms with Crippen molar-refractivity contribution < 1.29 is 5.11 Å². The molecule has 0 bridgehead atoms. The molecule has 0 saturated heterocycles. The molecule has 2 aromatic rings. The largest absolute Gasteiger partial charge is 0.394 e. The summed E-state index contributed by atoms with van der Waals surface area (Å²) in [5.74, 6) is 0.559. The van der Waals surface area contributed by atoms with Crippen LogP contribution in [0, 0.1) is 0 Å². The SMILES string of the molecule is NC(CO)(CSc1ncccc1Br)c1ccccc1. The number of aromatic nitrogens is 1. The third kappa shape index (κ3) is 3.57. The molecule has 1 unspecified atom stereocenters. The first-order valence-corrected chi connectivity index (χ1v) is 7.62. The van der Waals surface area contributed by atoms with Crippen LogP contribution < -0.4 is 5.73 Å². The number of thioether (sulfide) groups is 1. The summed E-state index contributed by atoms with van der Waals surface area (Å²) in [6.45, 7) is -0.103. The molecule has 1 heterocycles. The van der Waals surface area contributed by atoms with Crippen molar-refractivity contribution in [3.05, 3.63) is 58.7 Å². The highest BCUT2D eigenvalue weighted by atomic mass is 79.9. The fourth-order valence-electron chi connectivity index (χ4n) is 1.66. The number of pyridine rings is 1. The van der Waals surface area contributed by atoms with Crippen LogP contribution in [0.3, 0.4) is 0 Å². The third-order valence-electron chi connectivity index (χ3n) is 2.82. The van der Waals surface area contributed by atoms with Crippen LogP contribution in [-0.2, 0) is 5.54 Å². The lowest BCUT2D eigenvalue weighted by molar-refractivity contribution is 0.213. The normalized spacial score (nSPS) is 14.1. The number of benzene rings is 1. The smallest absolute Gasteiger partial charge is 0.110 e. The van der Waals surface area contributed by atoms with Crippen LogP contribution in [0.5, 0.6) is 0 Å². The molecule has 0 aliphatic rings. The van der Waals surface area contributed by atoms with Gasteiger partial charge in [-0.15, -0.1) is 11.8 Å². The predicted molar refractivity (Wildman–Crippen MR) is 82.1 cm³/mol. The monoisotopic (exact) mass is 338 g/mol. The van der Waals surface area contributed by atoms with Crippen LogP contribution >= 0.6 is 27.7 Å². The van der Waals surface area contributed by atoms with Gasteiger partial charge in [-0.25, -0.2) is 4.98 Å². The van der Waals surface area contributed by atoms with Crippen molar-refractivity contribution in [2.75, 3.05) is 12.4 Å². The van der Waals surface area contributed by atoms with Gasteiger partial charge >= 0.3 is 0 Å². The van der Waals surface area contributed by atoms with Gasteiger partial charge in [-0.2, -0.15) is 0 Å². The highest BCUT2D eigenvalue weighted by Crippen LogP contribution is 2.30. The summed E-state index contributed by atoms with van der Waals surface area (Å²) in [5, 5.41) is 10.5. The van der Waals surface area contributed by atoms with E-state index in [1.165, 1.54) is 11.8 Å². The first-order chi connectivity index (χ1) is 9.15. The van der Waals surface area contributed by atoms with Crippen molar-refractivity contribution in [3.63, 3.8) is 0 Å². The molecule has 0 fully saturated rings. The van der Waals surface area contributed by atoms with Crippen molar-refractivity contribution in [1.82, 2.24) is 4.98 Å². The minimum absolute atomic E-state index is 0.103. The zero-order chi connectivity index (χ0) is 13.7. The molecular weight excluding hydrogens is 324 g/mol. The van der Waals surface area contributed by atoms with E-state index in [2.05, 4.69) is 20.9 Å². The predicted octanol–water partition coefficient (Wildman–Crippen LogP) is 2.78. The number of aliphatic hydroxyl groups is 1. The summed E-state index contributed by atoms with van der Waals surface area (Å²) in [4.78, 5) is 4.29. The van der Waals surface area contributed by atoms with Gasteiger partial charge in [0, 0.05) is 16.4 Å². The molecule has 0 radical (unpaired) electrons. The summed E-state index contributed by atoms with van der Waals surface area (Å²) in [7, 11) is 0. The van der Waals surface area contributed by atoms with Gasteiger partial charge in [0.2, 0.25) is 0 Å². The maximum absolute atomic E-state index is 9.62. The Labute approximate surface area is 125 Å². The van der Waals surface area contributed by atoms with Crippen molar-refractivity contribution in [1.29, 1.82) is 0 Å². The van der Waals surface area contributed by atoms with Gasteiger partial charge < -0.3 is 10.8 Å². The standard InChI is InChI=1S/C14H15BrN2OS/c15-12-7-4-8-17-13(12)19-10-14(16,9-18)11-5-2-1-3-6-11/h1-8,18H,9-10,16H2. The summed E-state index contributed by atoms with van der Waals surface area (Å²) in [5.41, 5.74) is 6.47. The van der Waals surface area contributed by atoms with Crippen LogP contribution in [0.1, 0.15) is 5.56 Å². The molecule has 3 nitrogen and oxygen atoms in total. The molecule has 1 atom stereocenters. The van der Waals surface area contributed by atoms with Crippen LogP contribution in [0.4, 0.5) is 0 Å². The maximum Gasteiger partial charge on any atom is 0.110 e. The Kier molecular flexibility index (Phi) is 4.99. The molecule has 0 aliphatic heterocycles. The molecule has 5 heteroatoms. The Morgan fingerprint density at radius 3 is 2.58 bits per heavy atom. The van der Waals surface area contributed by atoms with E-state index in [1.54, 1.807) is 6.20 Å². The van der Waals surface area contributed by atoms with Crippen LogP contribution in [0.15, 0.2) is 58.2 Å². The first kappa shape index (κ1) is 14.5. The first-order valence-electron chi connectivity index (χ1n) is 5.84. The van der Waals surface area contributed by atoms with Crippen molar-refractivity contribution in [2.45, 2.75) is 10.6 Å². The molecule has 1 aromatic carbocycles. The fourth-order valence-corrected chi connectivity index (χ4v) is 3.26. The van der Waals surface area contributed by atoms with E-state index in [0.717, 1.165) is 15.1 Å². The molecule has 0 amide bonds. The Morgan fingerprint density at radius 2 is 1.95 bits per heavy atom. The van der Waals surface area contributed by atoms with E-state index >= 15 is 0 Å². The molecule has 2 rings (SSSR count). The minimum atomic E-state index is -0.761. The lowest BCUT2D eigenvalue weighted by Crippen LogP contribution is -2.43. The van der Waals surface area contributed by atoms with E-state index in [4.69, 9.17) is 5.73 Å². The van der Waals surface area contributed by atoms with Gasteiger partial charge in [0.05, 0.1) is 12.1 Å². The number of aliphatic hydroxyl groups excluding tert-OH is 1. The van der Waals surface area contributed by atoms with Gasteiger partial charge in [0.25, 0.3) is 0 Å². The van der Waals surface area contributed by atoms with Crippen molar-refractivity contribution >= 4 is 27.7 Å². The Hall–Kier alpha value is -0.880. The molecular formula is C14H15BrN2OS. The molecule has 0 spiro atoms. The lowest BCUT2D eigenvalue weighted by Gasteiger charge is -2.27. The van der Waals surface area contributed by atoms with Crippen molar-refractivity contribution in [2.24, 2.45) is 5.73 Å². The second kappa shape index (κ2) is 6.52. The summed E-state index contributed by atoms with van der Waals surface area (Å²) in [6.07, 6.45) is 1.74. The zero-order valence-corrected chi connectivity index (χ0v) is 12.7. The minimum Gasteiger partial charge on any atom is -0.394 e. The van der Waals surface area contributed by atoms with E-state index in [1.807, 2.05) is 42.5 Å². The topological polar surface area (TPSA) is 59.1 Å². The number of halogens is 1. The van der Waals surface area contributed by atoms with Crippen molar-refractivity contribution in [3.8, 4) is 0 Å². The van der Waals surface area contributed by atoms with Crippen LogP contribution in [-0.4, -0.2) is 22.5 Å². The van der Waals surface area contributed by atoms with Crippen LogP contribution in [0.25, 0.3) is 0 Å². The summed E-state index contributed by atoms with van der Waals surface area (Å²) >= 11 is 4.99. The fraction of sp³-hybridized carbons (Fsp3) is 0.214. The number of nitrogens with zero attached hydrogens (tertiary/aromatic N) is 1. The molecule has 100 valence electrons. The van der Waals surface area contributed by atoms with Gasteiger partial charge in [0.1, 0.15) is 5.03 Å². The Balaban J connectivity index is 2.14. The Bertz CT molecular complexity index is 538. The molecule has 19 heavy (non-hydrogen) atoms. The van der Waals surface area contributed by atoms with E-state index in [-0.39, 0.29) is 6.61 Å². The van der Waals surface area contributed by atoms with Crippen LogP contribution in [0.2, 0.25) is 0 Å². The number of hydrogen-bond acceptors (Lipinski definition) is 4. The average Bonchev–Trinajstić information content (AvgIpc) is 2.47. The third-order valence-corrected chi connectivity index (χ3v) is 4.98. The summed E-state index contributed by atoms with van der Waals surface area (Å²) in [6, 6.07) is 13.5. The highest BCUT2D eigenvalue weighted by molar-refractivity contribution is 9.10. The number of nitrogens with two attached hydrogens (primary N) is 1. The molecule has 3 N–H and O–H groups in total. The Morgan fingerprint density at radius 1 is 1.21 bits per heavy atom. The molecule has 0 saturated carbocycles. The zero-order valence-electron chi connectivity index (χ0n) is 10.3. The second-order valence-electron chi connectivity index (χ2n) is 4.26. The summed E-state index contributed by atoms with van der Waals surface area (Å²) < 4.78 is 0.938. The average molecular weight is 339 g/mol. The van der Waals surface area contributed by atoms with Gasteiger partial charge in [0.15, 0.2) is 0 Å². The maximum atomic E-state index is 9.62. The highest BCUT2D eigenvalue weighted by Gasteiger charge is 2.27. The molecule has 0 aliphatic carbocycles. The van der Waals surface area contributed by atoms with Gasteiger partial charge in [-0.1, -0.05) is 30.3 Å². The number of rotatable bonds is 5. The van der Waals surface area contributed by atoms with Gasteiger partial charge in [-0.3, -0.25) is 0 Å². The van der Waals surface area contributed by atoms with E-state index < -0.39 is 5.54 Å². The van der Waals surface area contributed by atoms with E-state index in [0.29, 0.717) is 5.75 Å². The van der Waals surface area contributed by atoms with E-state index in [9.17, 15) is 5.11 Å². The quantitative estimate of drug-likeness (QED) is 0.823.